The van der Waals surface area contributed by atoms with Crippen molar-refractivity contribution >= 4 is 16.0 Å². The Labute approximate surface area is 151 Å². The highest BCUT2D eigenvalue weighted by molar-refractivity contribution is 7.89. The fourth-order valence-electron chi connectivity index (χ4n) is 2.87. The molecule has 25 heavy (non-hydrogen) atoms. The number of sulfonamides is 1. The van der Waals surface area contributed by atoms with Gasteiger partial charge in [-0.2, -0.15) is 0 Å². The van der Waals surface area contributed by atoms with Crippen molar-refractivity contribution in [3.63, 3.8) is 0 Å². The molecule has 0 fully saturated rings. The Morgan fingerprint density at radius 1 is 1.20 bits per heavy atom. The van der Waals surface area contributed by atoms with E-state index in [1.165, 1.54) is 7.11 Å². The lowest BCUT2D eigenvalue weighted by Crippen LogP contribution is -2.38. The smallest absolute Gasteiger partial charge is 0.333 e. The molecular formula is C19H29NO4S. The second kappa shape index (κ2) is 8.63. The number of carbonyl (C=O) groups is 1. The van der Waals surface area contributed by atoms with Crippen LogP contribution >= 0.6 is 0 Å². The van der Waals surface area contributed by atoms with Gasteiger partial charge in [0.25, 0.3) is 0 Å². The Balaban J connectivity index is 3.30. The van der Waals surface area contributed by atoms with E-state index in [0.717, 1.165) is 5.56 Å². The van der Waals surface area contributed by atoms with Crippen molar-refractivity contribution in [3.8, 4) is 0 Å². The van der Waals surface area contributed by atoms with Crippen LogP contribution in [0.2, 0.25) is 0 Å². The number of esters is 1. The van der Waals surface area contributed by atoms with Crippen LogP contribution in [0.1, 0.15) is 43.9 Å². The first-order chi connectivity index (χ1) is 11.5. The van der Waals surface area contributed by atoms with Gasteiger partial charge < -0.3 is 4.74 Å². The predicted molar refractivity (Wildman–Crippen MR) is 100.0 cm³/mol. The van der Waals surface area contributed by atoms with Gasteiger partial charge in [0.2, 0.25) is 10.0 Å². The van der Waals surface area contributed by atoms with E-state index in [9.17, 15) is 13.2 Å². The van der Waals surface area contributed by atoms with E-state index in [2.05, 4.69) is 4.72 Å². The molecule has 1 rings (SSSR count). The lowest BCUT2D eigenvalue weighted by Gasteiger charge is -2.22. The van der Waals surface area contributed by atoms with Gasteiger partial charge in [0, 0.05) is 11.6 Å². The average molecular weight is 368 g/mol. The third-order valence-electron chi connectivity index (χ3n) is 4.09. The summed E-state index contributed by atoms with van der Waals surface area (Å²) in [6.45, 7) is 11.2. The van der Waals surface area contributed by atoms with Gasteiger partial charge in [-0.15, -0.1) is 0 Å². The number of hydrogen-bond donors (Lipinski definition) is 1. The van der Waals surface area contributed by atoms with E-state index in [4.69, 9.17) is 4.74 Å². The Kier molecular flexibility index (Phi) is 7.38. The molecule has 0 aliphatic carbocycles. The minimum absolute atomic E-state index is 0.0213. The van der Waals surface area contributed by atoms with Gasteiger partial charge in [-0.25, -0.2) is 17.9 Å². The van der Waals surface area contributed by atoms with Crippen LogP contribution in [0.25, 0.3) is 0 Å². The van der Waals surface area contributed by atoms with Crippen LogP contribution in [-0.4, -0.2) is 27.5 Å². The summed E-state index contributed by atoms with van der Waals surface area (Å²) in [6.07, 6.45) is 2.13. The molecule has 0 bridgehead atoms. The Morgan fingerprint density at radius 2 is 1.72 bits per heavy atom. The van der Waals surface area contributed by atoms with E-state index in [1.54, 1.807) is 19.9 Å². The van der Waals surface area contributed by atoms with Crippen molar-refractivity contribution in [2.45, 2.75) is 58.9 Å². The molecule has 0 aliphatic rings. The highest BCUT2D eigenvalue weighted by atomic mass is 32.2. The van der Waals surface area contributed by atoms with Crippen LogP contribution in [-0.2, 0) is 19.6 Å². The summed E-state index contributed by atoms with van der Waals surface area (Å²) in [6, 6.07) is 3.21. The average Bonchev–Trinajstić information content (AvgIpc) is 2.48. The lowest BCUT2D eigenvalue weighted by molar-refractivity contribution is -0.136. The van der Waals surface area contributed by atoms with Crippen molar-refractivity contribution in [1.82, 2.24) is 4.72 Å². The number of benzene rings is 1. The van der Waals surface area contributed by atoms with Crippen molar-refractivity contribution < 1.29 is 17.9 Å². The third kappa shape index (κ3) is 5.41. The first kappa shape index (κ1) is 21.4. The number of hydrogen-bond acceptors (Lipinski definition) is 4. The minimum atomic E-state index is -3.72. The van der Waals surface area contributed by atoms with Crippen LogP contribution < -0.4 is 4.72 Å². The predicted octanol–water partition coefficient (Wildman–Crippen LogP) is 3.42. The summed E-state index contributed by atoms with van der Waals surface area (Å²) in [4.78, 5) is 12.1. The molecule has 0 spiro atoms. The molecule has 5 nitrogen and oxygen atoms in total. The topological polar surface area (TPSA) is 72.5 Å². The van der Waals surface area contributed by atoms with Crippen LogP contribution in [0, 0.1) is 26.7 Å². The molecule has 0 radical (unpaired) electrons. The van der Waals surface area contributed by atoms with E-state index < -0.39 is 22.0 Å². The standard InChI is InChI=1S/C19H29NO4S/c1-8-16(19(21)24-7)11-17(12(2)3)20-25(22,23)18-14(5)9-13(4)10-15(18)6/h9-12,17,20H,8H2,1-7H3/b16-11+/t17-/m1/s1. The lowest BCUT2D eigenvalue weighted by atomic mass is 10.0. The molecule has 0 saturated carbocycles. The molecule has 1 atom stereocenters. The van der Waals surface area contributed by atoms with E-state index in [0.29, 0.717) is 28.0 Å². The van der Waals surface area contributed by atoms with E-state index in [1.807, 2.05) is 39.8 Å². The summed E-state index contributed by atoms with van der Waals surface area (Å²) in [5, 5.41) is 0. The monoisotopic (exact) mass is 367 g/mol. The zero-order valence-corrected chi connectivity index (χ0v) is 17.0. The molecule has 0 unspecified atom stereocenters. The summed E-state index contributed by atoms with van der Waals surface area (Å²) >= 11 is 0. The molecular weight excluding hydrogens is 338 g/mol. The molecule has 0 aliphatic heterocycles. The van der Waals surface area contributed by atoms with E-state index >= 15 is 0 Å². The van der Waals surface area contributed by atoms with Crippen molar-refractivity contribution in [2.75, 3.05) is 7.11 Å². The second-order valence-electron chi connectivity index (χ2n) is 6.66. The maximum atomic E-state index is 13.0. The Morgan fingerprint density at radius 3 is 2.12 bits per heavy atom. The number of nitrogens with one attached hydrogen (secondary N) is 1. The first-order valence-corrected chi connectivity index (χ1v) is 9.91. The highest BCUT2D eigenvalue weighted by Gasteiger charge is 2.25. The number of aryl methyl sites for hydroxylation is 3. The fraction of sp³-hybridized carbons (Fsp3) is 0.526. The van der Waals surface area contributed by atoms with Gasteiger partial charge in [0.05, 0.1) is 12.0 Å². The van der Waals surface area contributed by atoms with Gasteiger partial charge in [0.15, 0.2) is 0 Å². The molecule has 0 saturated heterocycles. The maximum absolute atomic E-state index is 13.0. The van der Waals surface area contributed by atoms with Gasteiger partial charge in [-0.3, -0.25) is 0 Å². The summed E-state index contributed by atoms with van der Waals surface area (Å²) in [5.41, 5.74) is 2.90. The third-order valence-corrected chi connectivity index (χ3v) is 5.86. The maximum Gasteiger partial charge on any atom is 0.333 e. The summed E-state index contributed by atoms with van der Waals surface area (Å²) < 4.78 is 33.4. The van der Waals surface area contributed by atoms with Gasteiger partial charge in [-0.05, 0) is 44.2 Å². The molecule has 6 heteroatoms. The van der Waals surface area contributed by atoms with Crippen LogP contribution in [0.15, 0.2) is 28.7 Å². The molecule has 1 aromatic carbocycles. The fourth-order valence-corrected chi connectivity index (χ4v) is 4.65. The van der Waals surface area contributed by atoms with Crippen LogP contribution in [0.4, 0.5) is 0 Å². The van der Waals surface area contributed by atoms with Gasteiger partial charge >= 0.3 is 5.97 Å². The van der Waals surface area contributed by atoms with Crippen LogP contribution in [0.5, 0.6) is 0 Å². The highest BCUT2D eigenvalue weighted by Crippen LogP contribution is 2.23. The minimum Gasteiger partial charge on any atom is -0.466 e. The molecule has 140 valence electrons. The zero-order valence-electron chi connectivity index (χ0n) is 16.1. The summed E-state index contributed by atoms with van der Waals surface area (Å²) in [7, 11) is -2.40. The zero-order chi connectivity index (χ0) is 19.4. The van der Waals surface area contributed by atoms with Gasteiger partial charge in [0.1, 0.15) is 0 Å². The Hall–Kier alpha value is -1.66. The quantitative estimate of drug-likeness (QED) is 0.592. The Bertz CT molecular complexity index is 741. The SMILES string of the molecule is CC/C(=C\[C@@H](NS(=O)(=O)c1c(C)cc(C)cc1C)C(C)C)C(=O)OC. The molecule has 0 heterocycles. The van der Waals surface area contributed by atoms with Crippen molar-refractivity contribution in [2.24, 2.45) is 5.92 Å². The largest absolute Gasteiger partial charge is 0.466 e. The van der Waals surface area contributed by atoms with E-state index in [-0.39, 0.29) is 5.92 Å². The van der Waals surface area contributed by atoms with Crippen LogP contribution in [0.3, 0.4) is 0 Å². The normalized spacial score (nSPS) is 13.8. The summed E-state index contributed by atoms with van der Waals surface area (Å²) in [5.74, 6) is -0.456. The molecule has 1 aromatic rings. The van der Waals surface area contributed by atoms with Crippen molar-refractivity contribution in [3.05, 3.63) is 40.5 Å². The van der Waals surface area contributed by atoms with Crippen molar-refractivity contribution in [1.29, 1.82) is 0 Å². The van der Waals surface area contributed by atoms with Gasteiger partial charge in [-0.1, -0.05) is 44.5 Å². The second-order valence-corrected chi connectivity index (χ2v) is 8.31. The number of ether oxygens (including phenoxy) is 1. The number of rotatable bonds is 7. The number of carbonyl (C=O) groups excluding carboxylic acids is 1. The molecule has 0 aromatic heterocycles. The molecule has 0 amide bonds. The molecule has 1 N–H and O–H groups in total. The number of methoxy groups -OCH3 is 1. The first-order valence-electron chi connectivity index (χ1n) is 8.42.